The summed E-state index contributed by atoms with van der Waals surface area (Å²) in [4.78, 5) is 11.8. The third-order valence-electron chi connectivity index (χ3n) is 3.03. The van der Waals surface area contributed by atoms with Crippen LogP contribution < -0.4 is 11.1 Å². The van der Waals surface area contributed by atoms with Gasteiger partial charge in [0.05, 0.1) is 12.7 Å². The molecule has 0 saturated heterocycles. The van der Waals surface area contributed by atoms with E-state index in [0.29, 0.717) is 30.7 Å². The fourth-order valence-corrected chi connectivity index (χ4v) is 2.00. The Hall–Kier alpha value is -1.43. The van der Waals surface area contributed by atoms with Crippen molar-refractivity contribution in [3.05, 3.63) is 11.9 Å². The van der Waals surface area contributed by atoms with Crippen molar-refractivity contribution in [3.8, 4) is 0 Å². The lowest BCUT2D eigenvalue weighted by atomic mass is 10.2. The predicted octanol–water partition coefficient (Wildman–Crippen LogP) is 0.155. The van der Waals surface area contributed by atoms with Gasteiger partial charge in [0, 0.05) is 12.6 Å². The van der Waals surface area contributed by atoms with E-state index in [1.165, 1.54) is 12.8 Å². The van der Waals surface area contributed by atoms with Crippen LogP contribution in [-0.4, -0.2) is 33.5 Å². The minimum atomic E-state index is -0.128. The largest absolute Gasteiger partial charge is 0.348 e. The van der Waals surface area contributed by atoms with E-state index in [-0.39, 0.29) is 5.91 Å². The SMILES string of the molecule is CCCC1CC1NC(=O)c1cn(CCN)nn1. The van der Waals surface area contributed by atoms with Crippen LogP contribution >= 0.6 is 0 Å². The summed E-state index contributed by atoms with van der Waals surface area (Å²) in [6.45, 7) is 3.24. The summed E-state index contributed by atoms with van der Waals surface area (Å²) in [5, 5.41) is 10.6. The van der Waals surface area contributed by atoms with Crippen molar-refractivity contribution in [2.75, 3.05) is 6.54 Å². The van der Waals surface area contributed by atoms with Gasteiger partial charge in [-0.1, -0.05) is 18.6 Å². The molecule has 1 saturated carbocycles. The number of rotatable bonds is 6. The first-order valence-electron chi connectivity index (χ1n) is 6.15. The molecule has 1 fully saturated rings. The summed E-state index contributed by atoms with van der Waals surface area (Å²) in [5.41, 5.74) is 5.77. The average Bonchev–Trinajstić information content (AvgIpc) is 2.86. The van der Waals surface area contributed by atoms with E-state index in [9.17, 15) is 4.79 Å². The molecule has 0 radical (unpaired) electrons. The summed E-state index contributed by atoms with van der Waals surface area (Å²) in [6.07, 6.45) is 5.09. The molecule has 94 valence electrons. The molecule has 2 rings (SSSR count). The molecule has 1 heterocycles. The number of amides is 1. The molecule has 1 aliphatic rings. The van der Waals surface area contributed by atoms with E-state index in [1.807, 2.05) is 0 Å². The molecule has 2 atom stereocenters. The summed E-state index contributed by atoms with van der Waals surface area (Å²) in [5.74, 6) is 0.528. The Kier molecular flexibility index (Phi) is 3.73. The van der Waals surface area contributed by atoms with E-state index < -0.39 is 0 Å². The molecular weight excluding hydrogens is 218 g/mol. The number of nitrogens with one attached hydrogen (secondary N) is 1. The Morgan fingerprint density at radius 1 is 1.71 bits per heavy atom. The molecule has 0 bridgehead atoms. The third-order valence-corrected chi connectivity index (χ3v) is 3.03. The topological polar surface area (TPSA) is 85.8 Å². The molecule has 0 spiro atoms. The fourth-order valence-electron chi connectivity index (χ4n) is 2.00. The van der Waals surface area contributed by atoms with Crippen LogP contribution in [-0.2, 0) is 6.54 Å². The van der Waals surface area contributed by atoms with Crippen LogP contribution in [0.25, 0.3) is 0 Å². The summed E-state index contributed by atoms with van der Waals surface area (Å²) >= 11 is 0. The Morgan fingerprint density at radius 2 is 2.53 bits per heavy atom. The Labute approximate surface area is 101 Å². The maximum Gasteiger partial charge on any atom is 0.273 e. The van der Waals surface area contributed by atoms with E-state index in [2.05, 4.69) is 22.6 Å². The smallest absolute Gasteiger partial charge is 0.273 e. The monoisotopic (exact) mass is 237 g/mol. The molecule has 6 heteroatoms. The lowest BCUT2D eigenvalue weighted by Gasteiger charge is -2.00. The zero-order valence-electron chi connectivity index (χ0n) is 10.1. The van der Waals surface area contributed by atoms with Crippen molar-refractivity contribution in [1.82, 2.24) is 20.3 Å². The zero-order chi connectivity index (χ0) is 12.3. The first kappa shape index (κ1) is 12.0. The van der Waals surface area contributed by atoms with Gasteiger partial charge in [0.15, 0.2) is 5.69 Å². The molecule has 1 amide bonds. The zero-order valence-corrected chi connectivity index (χ0v) is 10.1. The van der Waals surface area contributed by atoms with Gasteiger partial charge in [0.25, 0.3) is 5.91 Å². The molecule has 6 nitrogen and oxygen atoms in total. The minimum absolute atomic E-state index is 0.128. The van der Waals surface area contributed by atoms with Gasteiger partial charge in [-0.2, -0.15) is 0 Å². The molecule has 3 N–H and O–H groups in total. The van der Waals surface area contributed by atoms with E-state index >= 15 is 0 Å². The molecule has 0 aromatic carbocycles. The van der Waals surface area contributed by atoms with Crippen molar-refractivity contribution >= 4 is 5.91 Å². The summed E-state index contributed by atoms with van der Waals surface area (Å²) < 4.78 is 1.59. The van der Waals surface area contributed by atoms with Crippen molar-refractivity contribution in [2.24, 2.45) is 11.7 Å². The summed E-state index contributed by atoms with van der Waals surface area (Å²) in [6, 6.07) is 0.335. The van der Waals surface area contributed by atoms with E-state index in [1.54, 1.807) is 10.9 Å². The maximum absolute atomic E-state index is 11.8. The number of carbonyl (C=O) groups is 1. The van der Waals surface area contributed by atoms with Crippen molar-refractivity contribution in [3.63, 3.8) is 0 Å². The lowest BCUT2D eigenvalue weighted by molar-refractivity contribution is 0.0943. The molecule has 1 aromatic rings. The molecule has 2 unspecified atom stereocenters. The number of aromatic nitrogens is 3. The van der Waals surface area contributed by atoms with Crippen molar-refractivity contribution in [1.29, 1.82) is 0 Å². The standard InChI is InChI=1S/C11H19N5O/c1-2-3-8-6-9(8)13-11(17)10-7-16(5-4-12)15-14-10/h7-9H,2-6,12H2,1H3,(H,13,17). The predicted molar refractivity (Wildman–Crippen MR) is 63.3 cm³/mol. The highest BCUT2D eigenvalue weighted by Gasteiger charge is 2.37. The third kappa shape index (κ3) is 3.03. The van der Waals surface area contributed by atoms with Crippen LogP contribution in [0, 0.1) is 5.92 Å². The second-order valence-electron chi connectivity index (χ2n) is 4.52. The van der Waals surface area contributed by atoms with Gasteiger partial charge in [-0.15, -0.1) is 5.10 Å². The lowest BCUT2D eigenvalue weighted by Crippen LogP contribution is -2.27. The van der Waals surface area contributed by atoms with Gasteiger partial charge in [-0.25, -0.2) is 0 Å². The first-order valence-corrected chi connectivity index (χ1v) is 6.15. The van der Waals surface area contributed by atoms with Gasteiger partial charge < -0.3 is 11.1 Å². The minimum Gasteiger partial charge on any atom is -0.348 e. The molecule has 1 aromatic heterocycles. The second-order valence-corrected chi connectivity index (χ2v) is 4.52. The van der Waals surface area contributed by atoms with Crippen molar-refractivity contribution in [2.45, 2.75) is 38.8 Å². The number of nitrogens with zero attached hydrogens (tertiary/aromatic N) is 3. The fraction of sp³-hybridized carbons (Fsp3) is 0.727. The second kappa shape index (κ2) is 5.27. The average molecular weight is 237 g/mol. The van der Waals surface area contributed by atoms with Gasteiger partial charge >= 0.3 is 0 Å². The normalized spacial score (nSPS) is 22.5. The Bertz CT molecular complexity index is 389. The van der Waals surface area contributed by atoms with Gasteiger partial charge in [0.2, 0.25) is 0 Å². The molecule has 17 heavy (non-hydrogen) atoms. The first-order chi connectivity index (χ1) is 8.24. The molecule has 1 aliphatic carbocycles. The van der Waals surface area contributed by atoms with Crippen molar-refractivity contribution < 1.29 is 4.79 Å². The Balaban J connectivity index is 1.83. The highest BCUT2D eigenvalue weighted by molar-refractivity contribution is 5.92. The number of hydrogen-bond donors (Lipinski definition) is 2. The van der Waals surface area contributed by atoms with Gasteiger partial charge in [-0.05, 0) is 18.8 Å². The Morgan fingerprint density at radius 3 is 3.24 bits per heavy atom. The van der Waals surface area contributed by atoms with Gasteiger partial charge in [0.1, 0.15) is 0 Å². The van der Waals surface area contributed by atoms with Crippen LogP contribution in [0.3, 0.4) is 0 Å². The highest BCUT2D eigenvalue weighted by Crippen LogP contribution is 2.34. The van der Waals surface area contributed by atoms with Crippen LogP contribution in [0.4, 0.5) is 0 Å². The van der Waals surface area contributed by atoms with E-state index in [0.717, 1.165) is 6.42 Å². The van der Waals surface area contributed by atoms with Crippen LogP contribution in [0.2, 0.25) is 0 Å². The number of carbonyl (C=O) groups excluding carboxylic acids is 1. The number of nitrogens with two attached hydrogens (primary N) is 1. The van der Waals surface area contributed by atoms with Crippen LogP contribution in [0.1, 0.15) is 36.7 Å². The van der Waals surface area contributed by atoms with E-state index in [4.69, 9.17) is 5.73 Å². The summed E-state index contributed by atoms with van der Waals surface area (Å²) in [7, 11) is 0. The molecule has 0 aliphatic heterocycles. The van der Waals surface area contributed by atoms with Crippen LogP contribution in [0.5, 0.6) is 0 Å². The van der Waals surface area contributed by atoms with Gasteiger partial charge in [-0.3, -0.25) is 9.48 Å². The number of hydrogen-bond acceptors (Lipinski definition) is 4. The maximum atomic E-state index is 11.8. The molecular formula is C11H19N5O. The highest BCUT2D eigenvalue weighted by atomic mass is 16.2. The van der Waals surface area contributed by atoms with Crippen LogP contribution in [0.15, 0.2) is 6.20 Å². The quantitative estimate of drug-likeness (QED) is 0.737.